The minimum Gasteiger partial charge on any atom is -0.490 e. The number of hydrogen-bond donors (Lipinski definition) is 2. The highest BCUT2D eigenvalue weighted by atomic mass is 35.5. The number of aromatic nitrogens is 3. The maximum Gasteiger partial charge on any atom is 0.258 e. The zero-order valence-electron chi connectivity index (χ0n) is 19.7. The quantitative estimate of drug-likeness (QED) is 0.517. The number of ether oxygens (including phenoxy) is 2. The van der Waals surface area contributed by atoms with Gasteiger partial charge in [0.15, 0.2) is 5.82 Å². The second-order valence-electron chi connectivity index (χ2n) is 8.88. The van der Waals surface area contributed by atoms with Gasteiger partial charge in [-0.25, -0.2) is 14.4 Å². The normalized spacial score (nSPS) is 16.9. The van der Waals surface area contributed by atoms with Gasteiger partial charge in [0.25, 0.3) is 5.91 Å². The first-order valence-electron chi connectivity index (χ1n) is 11.3. The predicted molar refractivity (Wildman–Crippen MR) is 128 cm³/mol. The number of nitrogen functional groups attached to an aromatic ring is 1. The molecule has 0 saturated carbocycles. The molecular weight excluding hydrogens is 461 g/mol. The Morgan fingerprint density at radius 3 is 2.88 bits per heavy atom. The molecule has 3 aromatic rings. The Labute approximate surface area is 202 Å². The minimum atomic E-state index is -0.814. The van der Waals surface area contributed by atoms with Crippen LogP contribution in [0.5, 0.6) is 5.75 Å². The second-order valence-corrected chi connectivity index (χ2v) is 9.29. The fourth-order valence-corrected chi connectivity index (χ4v) is 4.51. The summed E-state index contributed by atoms with van der Waals surface area (Å²) in [5, 5.41) is 2.67. The monoisotopic (exact) mass is 489 g/mol. The Bertz CT molecular complexity index is 1220. The Morgan fingerprint density at radius 2 is 2.21 bits per heavy atom. The number of benzene rings is 1. The van der Waals surface area contributed by atoms with Gasteiger partial charge >= 0.3 is 0 Å². The lowest BCUT2D eigenvalue weighted by Crippen LogP contribution is -2.31. The van der Waals surface area contributed by atoms with Crippen molar-refractivity contribution < 1.29 is 18.7 Å². The number of amides is 1. The maximum atomic E-state index is 15.3. The summed E-state index contributed by atoms with van der Waals surface area (Å²) < 4.78 is 28.5. The number of nitrogens with one attached hydrogen (secondary N) is 1. The zero-order chi connectivity index (χ0) is 24.6. The lowest BCUT2D eigenvalue weighted by Gasteiger charge is -2.23. The van der Waals surface area contributed by atoms with Crippen LogP contribution in [-0.2, 0) is 4.74 Å². The van der Waals surface area contributed by atoms with E-state index < -0.39 is 17.6 Å². The third-order valence-corrected chi connectivity index (χ3v) is 6.27. The lowest BCUT2D eigenvalue weighted by atomic mass is 9.95. The van der Waals surface area contributed by atoms with E-state index in [2.05, 4.69) is 10.3 Å². The number of halogens is 2. The third-order valence-electron chi connectivity index (χ3n) is 6.00. The smallest absolute Gasteiger partial charge is 0.258 e. The molecule has 0 radical (unpaired) electrons. The van der Waals surface area contributed by atoms with Crippen LogP contribution >= 0.6 is 11.6 Å². The van der Waals surface area contributed by atoms with Gasteiger partial charge in [0.1, 0.15) is 28.5 Å². The van der Waals surface area contributed by atoms with Crippen molar-refractivity contribution in [3.63, 3.8) is 0 Å². The number of nitrogens with zero attached hydrogens (tertiary/aromatic N) is 3. The summed E-state index contributed by atoms with van der Waals surface area (Å²) in [4.78, 5) is 22.0. The Kier molecular flexibility index (Phi) is 6.95. The molecule has 1 aliphatic heterocycles. The molecule has 3 N–H and O–H groups in total. The summed E-state index contributed by atoms with van der Waals surface area (Å²) in [6, 6.07) is 1.50. The van der Waals surface area contributed by atoms with Gasteiger partial charge in [-0.3, -0.25) is 9.20 Å². The van der Waals surface area contributed by atoms with Crippen LogP contribution in [-0.4, -0.2) is 46.1 Å². The molecule has 3 heterocycles. The molecule has 2 aromatic heterocycles. The fourth-order valence-electron chi connectivity index (χ4n) is 4.30. The van der Waals surface area contributed by atoms with E-state index in [-0.39, 0.29) is 28.4 Å². The summed E-state index contributed by atoms with van der Waals surface area (Å²) in [5.74, 6) is -0.437. The number of anilines is 1. The molecule has 4 rings (SSSR count). The Balaban J connectivity index is 1.81. The molecule has 1 saturated heterocycles. The van der Waals surface area contributed by atoms with Gasteiger partial charge < -0.3 is 20.5 Å². The van der Waals surface area contributed by atoms with Crippen molar-refractivity contribution in [1.82, 2.24) is 19.7 Å². The van der Waals surface area contributed by atoms with Gasteiger partial charge in [-0.1, -0.05) is 18.5 Å². The number of imidazole rings is 1. The number of fused-ring (bicyclic) bond motifs is 1. The second kappa shape index (κ2) is 9.76. The fraction of sp³-hybridized carbons (Fsp3) is 0.458. The molecule has 34 heavy (non-hydrogen) atoms. The standard InChI is InChI=1S/C24H29ClFN5O3/c1-12(2)34-21-16(13(3)23-30-14(4)20-22(27)28-6-7-31(20)23)9-17(25)19(26)18(21)24(32)29-10-15-5-8-33-11-15/h6-7,9,12-13,15H,5,8,10-11H2,1-4H3,(H2,27,28)(H,29,32)/t13?,15-/m0/s1. The highest BCUT2D eigenvalue weighted by Crippen LogP contribution is 2.40. The average Bonchev–Trinajstić information content (AvgIpc) is 3.42. The molecule has 8 nitrogen and oxygen atoms in total. The van der Waals surface area contributed by atoms with E-state index in [0.717, 1.165) is 6.42 Å². The van der Waals surface area contributed by atoms with Crippen molar-refractivity contribution in [1.29, 1.82) is 0 Å². The largest absolute Gasteiger partial charge is 0.490 e. The number of rotatable bonds is 7. The Hall–Kier alpha value is -2.91. The highest BCUT2D eigenvalue weighted by molar-refractivity contribution is 6.31. The van der Waals surface area contributed by atoms with E-state index >= 15 is 4.39 Å². The van der Waals surface area contributed by atoms with Crippen LogP contribution in [0, 0.1) is 18.7 Å². The van der Waals surface area contributed by atoms with Gasteiger partial charge in [-0.05, 0) is 33.3 Å². The first-order chi connectivity index (χ1) is 16.2. The first kappa shape index (κ1) is 24.2. The van der Waals surface area contributed by atoms with E-state index in [1.165, 1.54) is 6.07 Å². The molecule has 1 amide bonds. The van der Waals surface area contributed by atoms with Crippen LogP contribution in [0.4, 0.5) is 10.2 Å². The van der Waals surface area contributed by atoms with E-state index in [1.54, 1.807) is 12.4 Å². The lowest BCUT2D eigenvalue weighted by molar-refractivity contribution is 0.0934. The zero-order valence-corrected chi connectivity index (χ0v) is 20.4. The molecule has 10 heteroatoms. The first-order valence-corrected chi connectivity index (χ1v) is 11.7. The number of carbonyl (C=O) groups excluding carboxylic acids is 1. The number of aryl methyl sites for hydroxylation is 1. The average molecular weight is 490 g/mol. The number of carbonyl (C=O) groups is 1. The molecule has 0 aliphatic carbocycles. The predicted octanol–water partition coefficient (Wildman–Crippen LogP) is 4.12. The summed E-state index contributed by atoms with van der Waals surface area (Å²) in [6.07, 6.45) is 3.90. The van der Waals surface area contributed by atoms with Crippen LogP contribution < -0.4 is 15.8 Å². The van der Waals surface area contributed by atoms with E-state index in [4.69, 9.17) is 31.8 Å². The SMILES string of the molecule is Cc1nc(C(C)c2cc(Cl)c(F)c(C(=O)NC[C@@H]3CCOC3)c2OC(C)C)n2ccnc(N)c12. The van der Waals surface area contributed by atoms with Crippen LogP contribution in [0.1, 0.15) is 60.5 Å². The topological polar surface area (TPSA) is 104 Å². The number of hydrogen-bond acceptors (Lipinski definition) is 6. The summed E-state index contributed by atoms with van der Waals surface area (Å²) in [6.45, 7) is 9.00. The van der Waals surface area contributed by atoms with Crippen molar-refractivity contribution in [2.24, 2.45) is 5.92 Å². The molecule has 182 valence electrons. The van der Waals surface area contributed by atoms with Crippen molar-refractivity contribution in [3.8, 4) is 5.75 Å². The van der Waals surface area contributed by atoms with Crippen molar-refractivity contribution in [2.75, 3.05) is 25.5 Å². The summed E-state index contributed by atoms with van der Waals surface area (Å²) >= 11 is 6.29. The molecule has 1 unspecified atom stereocenters. The van der Waals surface area contributed by atoms with Gasteiger partial charge in [0.2, 0.25) is 0 Å². The van der Waals surface area contributed by atoms with Gasteiger partial charge in [0, 0.05) is 42.9 Å². The van der Waals surface area contributed by atoms with Crippen molar-refractivity contribution >= 4 is 28.8 Å². The van der Waals surface area contributed by atoms with E-state index in [1.807, 2.05) is 32.1 Å². The molecule has 1 aliphatic rings. The molecule has 0 bridgehead atoms. The minimum absolute atomic E-state index is 0.154. The summed E-state index contributed by atoms with van der Waals surface area (Å²) in [7, 11) is 0. The van der Waals surface area contributed by atoms with Crippen molar-refractivity contribution in [2.45, 2.75) is 46.1 Å². The van der Waals surface area contributed by atoms with Crippen LogP contribution in [0.2, 0.25) is 5.02 Å². The van der Waals surface area contributed by atoms with Crippen LogP contribution in [0.3, 0.4) is 0 Å². The van der Waals surface area contributed by atoms with Gasteiger partial charge in [0.05, 0.1) is 23.4 Å². The molecule has 1 fully saturated rings. The molecule has 1 aromatic carbocycles. The summed E-state index contributed by atoms with van der Waals surface area (Å²) in [5.41, 5.74) is 7.82. The van der Waals surface area contributed by atoms with E-state index in [0.29, 0.717) is 48.2 Å². The highest BCUT2D eigenvalue weighted by Gasteiger charge is 2.30. The third kappa shape index (κ3) is 4.54. The van der Waals surface area contributed by atoms with Crippen molar-refractivity contribution in [3.05, 3.63) is 51.9 Å². The van der Waals surface area contributed by atoms with E-state index in [9.17, 15) is 4.79 Å². The maximum absolute atomic E-state index is 15.3. The van der Waals surface area contributed by atoms with Gasteiger partial charge in [-0.15, -0.1) is 0 Å². The molecular formula is C24H29ClFN5O3. The van der Waals surface area contributed by atoms with Crippen LogP contribution in [0.25, 0.3) is 5.52 Å². The Morgan fingerprint density at radius 1 is 1.44 bits per heavy atom. The van der Waals surface area contributed by atoms with Gasteiger partial charge in [-0.2, -0.15) is 0 Å². The van der Waals surface area contributed by atoms with Crippen LogP contribution in [0.15, 0.2) is 18.5 Å². The number of nitrogens with two attached hydrogens (primary N) is 1. The molecule has 0 spiro atoms. The molecule has 2 atom stereocenters.